The van der Waals surface area contributed by atoms with Crippen molar-refractivity contribution in [3.63, 3.8) is 0 Å². The summed E-state index contributed by atoms with van der Waals surface area (Å²) in [6.45, 7) is 4.60. The first-order valence-corrected chi connectivity index (χ1v) is 9.14. The van der Waals surface area contributed by atoms with E-state index in [2.05, 4.69) is 34.5 Å². The Balaban J connectivity index is 1.31. The van der Waals surface area contributed by atoms with E-state index in [0.717, 1.165) is 51.6 Å². The third-order valence-corrected chi connectivity index (χ3v) is 5.20. The molecule has 1 N–H and O–H groups in total. The molecule has 0 bridgehead atoms. The van der Waals surface area contributed by atoms with Gasteiger partial charge in [-0.2, -0.15) is 0 Å². The Hall–Kier alpha value is -1.55. The largest absolute Gasteiger partial charge is 0.338 e. The molecule has 1 aromatic carbocycles. The van der Waals surface area contributed by atoms with E-state index in [9.17, 15) is 4.79 Å². The number of amides is 2. The van der Waals surface area contributed by atoms with Gasteiger partial charge in [-0.3, -0.25) is 4.90 Å². The molecule has 0 spiro atoms. The monoisotopic (exact) mass is 315 g/mol. The maximum atomic E-state index is 12.2. The molecule has 1 aromatic rings. The summed E-state index contributed by atoms with van der Waals surface area (Å²) in [4.78, 5) is 16.8. The molecule has 1 heterocycles. The number of nitrogens with zero attached hydrogens (tertiary/aromatic N) is 2. The second kappa shape index (κ2) is 8.34. The summed E-state index contributed by atoms with van der Waals surface area (Å²) in [5.74, 6) is 0. The zero-order chi connectivity index (χ0) is 15.9. The van der Waals surface area contributed by atoms with E-state index >= 15 is 0 Å². The van der Waals surface area contributed by atoms with Crippen molar-refractivity contribution < 1.29 is 4.79 Å². The van der Waals surface area contributed by atoms with Gasteiger partial charge in [0.05, 0.1) is 0 Å². The van der Waals surface area contributed by atoms with Crippen LogP contribution in [0.15, 0.2) is 30.3 Å². The molecule has 1 saturated heterocycles. The van der Waals surface area contributed by atoms with Crippen LogP contribution in [0.3, 0.4) is 0 Å². The molecular formula is C19H29N3O. The van der Waals surface area contributed by atoms with Crippen LogP contribution in [0.4, 0.5) is 4.79 Å². The summed E-state index contributed by atoms with van der Waals surface area (Å²) in [6.07, 6.45) is 7.49. The van der Waals surface area contributed by atoms with Crippen LogP contribution in [0.5, 0.6) is 0 Å². The fraction of sp³-hybridized carbons (Fsp3) is 0.632. The number of hydrogen-bond donors (Lipinski definition) is 1. The van der Waals surface area contributed by atoms with Crippen LogP contribution in [0.25, 0.3) is 0 Å². The van der Waals surface area contributed by atoms with E-state index in [-0.39, 0.29) is 6.03 Å². The zero-order valence-corrected chi connectivity index (χ0v) is 14.0. The van der Waals surface area contributed by atoms with Crippen LogP contribution in [0.1, 0.15) is 37.7 Å². The van der Waals surface area contributed by atoms with Crippen LogP contribution in [-0.2, 0) is 6.42 Å². The molecule has 4 nitrogen and oxygen atoms in total. The Morgan fingerprint density at radius 1 is 1.04 bits per heavy atom. The average molecular weight is 315 g/mol. The Labute approximate surface area is 139 Å². The molecule has 1 saturated carbocycles. The first-order valence-electron chi connectivity index (χ1n) is 9.14. The number of urea groups is 1. The molecule has 4 heteroatoms. The summed E-state index contributed by atoms with van der Waals surface area (Å²) in [5, 5.41) is 3.08. The molecule has 2 aliphatic rings. The van der Waals surface area contributed by atoms with Gasteiger partial charge in [-0.15, -0.1) is 0 Å². The Morgan fingerprint density at radius 3 is 2.43 bits per heavy atom. The third kappa shape index (κ3) is 4.71. The molecule has 0 atom stereocenters. The molecule has 126 valence electrons. The first-order chi connectivity index (χ1) is 11.3. The lowest BCUT2D eigenvalue weighted by Crippen LogP contribution is -2.53. The number of carbonyl (C=O) groups excluding carboxylic acids is 1. The van der Waals surface area contributed by atoms with E-state index in [1.807, 2.05) is 11.0 Å². The molecule has 3 rings (SSSR count). The number of rotatable bonds is 5. The topological polar surface area (TPSA) is 35.6 Å². The SMILES string of the molecule is O=C(NCCCc1ccccc1)N1CCN(C2CCCC2)CC1. The maximum absolute atomic E-state index is 12.2. The van der Waals surface area contributed by atoms with Crippen LogP contribution < -0.4 is 5.32 Å². The summed E-state index contributed by atoms with van der Waals surface area (Å²) in [6, 6.07) is 11.4. The highest BCUT2D eigenvalue weighted by molar-refractivity contribution is 5.74. The molecule has 1 aliphatic heterocycles. The lowest BCUT2D eigenvalue weighted by Gasteiger charge is -2.38. The van der Waals surface area contributed by atoms with Crippen molar-refractivity contribution in [3.05, 3.63) is 35.9 Å². The van der Waals surface area contributed by atoms with Crippen molar-refractivity contribution >= 4 is 6.03 Å². The van der Waals surface area contributed by atoms with E-state index in [0.29, 0.717) is 0 Å². The summed E-state index contributed by atoms with van der Waals surface area (Å²) < 4.78 is 0. The Morgan fingerprint density at radius 2 is 1.74 bits per heavy atom. The molecular weight excluding hydrogens is 286 g/mol. The fourth-order valence-electron chi connectivity index (χ4n) is 3.80. The van der Waals surface area contributed by atoms with Crippen molar-refractivity contribution in [1.82, 2.24) is 15.1 Å². The molecule has 2 amide bonds. The van der Waals surface area contributed by atoms with Crippen LogP contribution in [-0.4, -0.2) is 54.6 Å². The van der Waals surface area contributed by atoms with Gasteiger partial charge < -0.3 is 10.2 Å². The number of piperazine rings is 1. The predicted molar refractivity (Wildman–Crippen MR) is 93.6 cm³/mol. The minimum absolute atomic E-state index is 0.115. The molecule has 0 unspecified atom stereocenters. The normalized spacial score (nSPS) is 19.9. The standard InChI is InChI=1S/C19H29N3O/c23-19(20-12-6-9-17-7-2-1-3-8-17)22-15-13-21(14-16-22)18-10-4-5-11-18/h1-3,7-8,18H,4-6,9-16H2,(H,20,23). The summed E-state index contributed by atoms with van der Waals surface area (Å²) in [5.41, 5.74) is 1.34. The van der Waals surface area contributed by atoms with Gasteiger partial charge in [0.15, 0.2) is 0 Å². The quantitative estimate of drug-likeness (QED) is 0.848. The van der Waals surface area contributed by atoms with Gasteiger partial charge in [0.25, 0.3) is 0 Å². The van der Waals surface area contributed by atoms with Gasteiger partial charge in [0.2, 0.25) is 0 Å². The smallest absolute Gasteiger partial charge is 0.317 e. The molecule has 0 aromatic heterocycles. The first kappa shape index (κ1) is 16.3. The highest BCUT2D eigenvalue weighted by Gasteiger charge is 2.27. The lowest BCUT2D eigenvalue weighted by atomic mass is 10.1. The van der Waals surface area contributed by atoms with E-state index in [4.69, 9.17) is 0 Å². The van der Waals surface area contributed by atoms with E-state index in [1.54, 1.807) is 0 Å². The fourth-order valence-corrected chi connectivity index (χ4v) is 3.80. The molecule has 1 aliphatic carbocycles. The number of benzene rings is 1. The Bertz CT molecular complexity index is 477. The number of hydrogen-bond acceptors (Lipinski definition) is 2. The highest BCUT2D eigenvalue weighted by Crippen LogP contribution is 2.24. The highest BCUT2D eigenvalue weighted by atomic mass is 16.2. The van der Waals surface area contributed by atoms with Crippen LogP contribution >= 0.6 is 0 Å². The van der Waals surface area contributed by atoms with Crippen molar-refractivity contribution in [1.29, 1.82) is 0 Å². The van der Waals surface area contributed by atoms with Gasteiger partial charge >= 0.3 is 6.03 Å². The van der Waals surface area contributed by atoms with Crippen molar-refractivity contribution in [2.45, 2.75) is 44.6 Å². The molecule has 23 heavy (non-hydrogen) atoms. The summed E-state index contributed by atoms with van der Waals surface area (Å²) >= 11 is 0. The van der Waals surface area contributed by atoms with E-state index in [1.165, 1.54) is 31.2 Å². The molecule has 0 radical (unpaired) electrons. The van der Waals surface area contributed by atoms with Crippen LogP contribution in [0, 0.1) is 0 Å². The minimum Gasteiger partial charge on any atom is -0.338 e. The van der Waals surface area contributed by atoms with Gasteiger partial charge in [-0.05, 0) is 31.2 Å². The van der Waals surface area contributed by atoms with Gasteiger partial charge in [0, 0.05) is 38.8 Å². The predicted octanol–water partition coefficient (Wildman–Crippen LogP) is 2.89. The lowest BCUT2D eigenvalue weighted by molar-refractivity contribution is 0.110. The maximum Gasteiger partial charge on any atom is 0.317 e. The van der Waals surface area contributed by atoms with Gasteiger partial charge in [-0.25, -0.2) is 4.79 Å². The van der Waals surface area contributed by atoms with Gasteiger partial charge in [-0.1, -0.05) is 43.2 Å². The number of nitrogens with one attached hydrogen (secondary N) is 1. The average Bonchev–Trinajstić information content (AvgIpc) is 3.14. The molecule has 2 fully saturated rings. The minimum atomic E-state index is 0.115. The summed E-state index contributed by atoms with van der Waals surface area (Å²) in [7, 11) is 0. The van der Waals surface area contributed by atoms with Gasteiger partial charge in [0.1, 0.15) is 0 Å². The van der Waals surface area contributed by atoms with Crippen molar-refractivity contribution in [3.8, 4) is 0 Å². The van der Waals surface area contributed by atoms with Crippen LogP contribution in [0.2, 0.25) is 0 Å². The van der Waals surface area contributed by atoms with Crippen molar-refractivity contribution in [2.75, 3.05) is 32.7 Å². The zero-order valence-electron chi connectivity index (χ0n) is 14.0. The number of carbonyl (C=O) groups is 1. The third-order valence-electron chi connectivity index (χ3n) is 5.20. The van der Waals surface area contributed by atoms with Crippen molar-refractivity contribution in [2.24, 2.45) is 0 Å². The number of aryl methyl sites for hydroxylation is 1. The van der Waals surface area contributed by atoms with E-state index < -0.39 is 0 Å². The Kier molecular flexibility index (Phi) is 5.92. The second-order valence-electron chi connectivity index (χ2n) is 6.78. The second-order valence-corrected chi connectivity index (χ2v) is 6.78.